The number of methoxy groups -OCH3 is 1. The van der Waals surface area contributed by atoms with E-state index in [0.717, 1.165) is 38.0 Å². The summed E-state index contributed by atoms with van der Waals surface area (Å²) >= 11 is 6.43. The van der Waals surface area contributed by atoms with Gasteiger partial charge in [-0.3, -0.25) is 9.59 Å². The van der Waals surface area contributed by atoms with Crippen molar-refractivity contribution < 1.29 is 23.9 Å². The van der Waals surface area contributed by atoms with Crippen molar-refractivity contribution in [2.75, 3.05) is 37.0 Å². The monoisotopic (exact) mass is 675 g/mol. The van der Waals surface area contributed by atoms with Gasteiger partial charge < -0.3 is 19.7 Å². The van der Waals surface area contributed by atoms with Gasteiger partial charge in [0.25, 0.3) is 5.91 Å². The molecular weight excluding hydrogens is 626 g/mol. The number of aliphatic imine (C=N–C) groups is 1. The normalized spacial score (nSPS) is 11.2. The molecule has 0 aliphatic carbocycles. The average Bonchev–Trinajstić information content (AvgIpc) is 3.11. The number of rotatable bonds is 21. The van der Waals surface area contributed by atoms with Crippen LogP contribution in [0, 0.1) is 0 Å². The molecule has 0 aliphatic rings. The highest BCUT2D eigenvalue weighted by atomic mass is 35.5. The number of hydrogen-bond donors (Lipinski definition) is 1. The average molecular weight is 676 g/mol. The molecule has 0 saturated heterocycles. The minimum absolute atomic E-state index is 0.169. The first kappa shape index (κ1) is 38.3. The summed E-state index contributed by atoms with van der Waals surface area (Å²) in [6, 6.07) is 18.3. The first-order valence-corrected chi connectivity index (χ1v) is 17.6. The zero-order chi connectivity index (χ0) is 34.7. The fourth-order valence-electron chi connectivity index (χ4n) is 5.31. The lowest BCUT2D eigenvalue weighted by Gasteiger charge is -2.20. The molecule has 0 aromatic heterocycles. The van der Waals surface area contributed by atoms with Crippen LogP contribution in [0.25, 0.3) is 0 Å². The standard InChI is InChI=1S/C39H50ClN3O5/c1-5-8-9-10-11-12-13-14-15-16-27-48-39(46)30-19-26-34(40)35(28-30)42-38(45)36(37(44)29-17-24-33(47-4)25-18-29)41-31-20-22-32(23-21-31)43(6-2)7-3/h17-26,28H,5-16,27H2,1-4H3,(H,42,45). The van der Waals surface area contributed by atoms with Crippen molar-refractivity contribution in [3.05, 3.63) is 82.9 Å². The molecule has 0 heterocycles. The van der Waals surface area contributed by atoms with E-state index in [1.165, 1.54) is 64.2 Å². The molecule has 9 heteroatoms. The number of ketones is 1. The molecule has 48 heavy (non-hydrogen) atoms. The quantitative estimate of drug-likeness (QED) is 0.0397. The molecule has 8 nitrogen and oxygen atoms in total. The summed E-state index contributed by atoms with van der Waals surface area (Å²) in [5, 5.41) is 2.90. The molecule has 1 N–H and O–H groups in total. The number of nitrogens with zero attached hydrogens (tertiary/aromatic N) is 2. The maximum atomic E-state index is 13.7. The van der Waals surface area contributed by atoms with Gasteiger partial charge in [-0.15, -0.1) is 0 Å². The van der Waals surface area contributed by atoms with Crippen LogP contribution in [-0.4, -0.2) is 50.2 Å². The summed E-state index contributed by atoms with van der Waals surface area (Å²) in [5.74, 6) is -1.27. The van der Waals surface area contributed by atoms with Gasteiger partial charge in [0.15, 0.2) is 5.71 Å². The fourth-order valence-corrected chi connectivity index (χ4v) is 5.47. The summed E-state index contributed by atoms with van der Waals surface area (Å²) < 4.78 is 10.7. The Morgan fingerprint density at radius 1 is 0.750 bits per heavy atom. The number of nitrogens with one attached hydrogen (secondary N) is 1. The van der Waals surface area contributed by atoms with Gasteiger partial charge in [-0.05, 0) is 87.0 Å². The number of anilines is 2. The molecule has 0 bridgehead atoms. The first-order valence-electron chi connectivity index (χ1n) is 17.2. The van der Waals surface area contributed by atoms with Gasteiger partial charge in [0.05, 0.1) is 35.7 Å². The minimum Gasteiger partial charge on any atom is -0.497 e. The predicted molar refractivity (Wildman–Crippen MR) is 197 cm³/mol. The van der Waals surface area contributed by atoms with Gasteiger partial charge in [-0.2, -0.15) is 0 Å². The number of Topliss-reactive ketones (excluding diaryl/α,β-unsaturated/α-hetero) is 1. The molecule has 0 radical (unpaired) electrons. The van der Waals surface area contributed by atoms with E-state index in [9.17, 15) is 14.4 Å². The van der Waals surface area contributed by atoms with Crippen molar-refractivity contribution in [3.8, 4) is 5.75 Å². The summed E-state index contributed by atoms with van der Waals surface area (Å²) in [6.07, 6.45) is 11.9. The van der Waals surface area contributed by atoms with Crippen molar-refractivity contribution in [2.24, 2.45) is 4.99 Å². The molecule has 3 rings (SSSR count). The predicted octanol–water partition coefficient (Wildman–Crippen LogP) is 9.87. The Bertz CT molecular complexity index is 1480. The van der Waals surface area contributed by atoms with Crippen molar-refractivity contribution in [3.63, 3.8) is 0 Å². The van der Waals surface area contributed by atoms with E-state index in [4.69, 9.17) is 21.1 Å². The van der Waals surface area contributed by atoms with E-state index in [1.54, 1.807) is 42.5 Å². The number of unbranched alkanes of at least 4 members (excludes halogenated alkanes) is 9. The van der Waals surface area contributed by atoms with Gasteiger partial charge in [-0.25, -0.2) is 9.79 Å². The van der Waals surface area contributed by atoms with Crippen molar-refractivity contribution in [1.29, 1.82) is 0 Å². The van der Waals surface area contributed by atoms with Crippen LogP contribution in [0.5, 0.6) is 5.75 Å². The second-order valence-corrected chi connectivity index (χ2v) is 12.1. The maximum Gasteiger partial charge on any atom is 0.338 e. The summed E-state index contributed by atoms with van der Waals surface area (Å²) in [7, 11) is 1.53. The third-order valence-electron chi connectivity index (χ3n) is 8.18. The molecule has 0 aliphatic heterocycles. The molecule has 1 amide bonds. The molecular formula is C39H50ClN3O5. The zero-order valence-corrected chi connectivity index (χ0v) is 29.6. The number of ether oxygens (including phenoxy) is 2. The third-order valence-corrected chi connectivity index (χ3v) is 8.51. The smallest absolute Gasteiger partial charge is 0.338 e. The second kappa shape index (κ2) is 20.9. The van der Waals surface area contributed by atoms with Crippen LogP contribution in [0.3, 0.4) is 0 Å². The largest absolute Gasteiger partial charge is 0.497 e. The lowest BCUT2D eigenvalue weighted by atomic mass is 10.1. The Balaban J connectivity index is 1.69. The van der Waals surface area contributed by atoms with Crippen molar-refractivity contribution >= 4 is 52.0 Å². The SMILES string of the molecule is CCCCCCCCCCCCOC(=O)c1ccc(Cl)c(NC(=O)C(=Nc2ccc(N(CC)CC)cc2)C(=O)c2ccc(OC)cc2)c1. The minimum atomic E-state index is -0.763. The molecule has 0 atom stereocenters. The van der Waals surface area contributed by atoms with Crippen LogP contribution in [0.15, 0.2) is 71.7 Å². The van der Waals surface area contributed by atoms with E-state index in [2.05, 4.69) is 36.0 Å². The van der Waals surface area contributed by atoms with Gasteiger partial charge >= 0.3 is 5.97 Å². The summed E-state index contributed by atoms with van der Waals surface area (Å²) in [6.45, 7) is 8.38. The summed E-state index contributed by atoms with van der Waals surface area (Å²) in [4.78, 5) is 46.8. The Labute approximate surface area is 290 Å². The number of carbonyl (C=O) groups excluding carboxylic acids is 3. The first-order chi connectivity index (χ1) is 23.3. The summed E-state index contributed by atoms with van der Waals surface area (Å²) in [5.41, 5.74) is 1.79. The molecule has 3 aromatic carbocycles. The number of hydrogen-bond acceptors (Lipinski definition) is 7. The lowest BCUT2D eigenvalue weighted by molar-refractivity contribution is -0.110. The number of esters is 1. The molecule has 0 unspecified atom stereocenters. The van der Waals surface area contributed by atoms with E-state index in [0.29, 0.717) is 18.0 Å². The molecule has 258 valence electrons. The van der Waals surface area contributed by atoms with E-state index in [-0.39, 0.29) is 27.5 Å². The zero-order valence-electron chi connectivity index (χ0n) is 28.9. The van der Waals surface area contributed by atoms with Gasteiger partial charge in [0, 0.05) is 24.3 Å². The highest BCUT2D eigenvalue weighted by Gasteiger charge is 2.24. The maximum absolute atomic E-state index is 13.7. The number of carbonyl (C=O) groups is 3. The number of amides is 1. The van der Waals surface area contributed by atoms with Crippen molar-refractivity contribution in [1.82, 2.24) is 0 Å². The number of benzene rings is 3. The fraction of sp³-hybridized carbons (Fsp3) is 0.436. The number of halogens is 1. The van der Waals surface area contributed by atoms with Gasteiger partial charge in [-0.1, -0.05) is 76.3 Å². The van der Waals surface area contributed by atoms with Crippen LogP contribution in [0.4, 0.5) is 17.1 Å². The van der Waals surface area contributed by atoms with E-state index in [1.807, 2.05) is 12.1 Å². The van der Waals surface area contributed by atoms with Crippen LogP contribution in [0.1, 0.15) is 106 Å². The molecule has 3 aromatic rings. The third kappa shape index (κ3) is 12.1. The Morgan fingerprint density at radius 2 is 1.33 bits per heavy atom. The van der Waals surface area contributed by atoms with E-state index < -0.39 is 17.7 Å². The topological polar surface area (TPSA) is 97.3 Å². The van der Waals surface area contributed by atoms with Crippen molar-refractivity contribution in [2.45, 2.75) is 85.0 Å². The highest BCUT2D eigenvalue weighted by Crippen LogP contribution is 2.25. The van der Waals surface area contributed by atoms with Crippen LogP contribution >= 0.6 is 11.6 Å². The molecule has 0 fully saturated rings. The highest BCUT2D eigenvalue weighted by molar-refractivity contribution is 6.70. The Kier molecular flexibility index (Phi) is 16.7. The van der Waals surface area contributed by atoms with Gasteiger partial charge in [0.2, 0.25) is 5.78 Å². The molecule has 0 spiro atoms. The Morgan fingerprint density at radius 3 is 1.92 bits per heavy atom. The Hall–Kier alpha value is -4.17. The van der Waals surface area contributed by atoms with E-state index >= 15 is 0 Å². The lowest BCUT2D eigenvalue weighted by Crippen LogP contribution is -2.30. The second-order valence-electron chi connectivity index (χ2n) is 11.7. The molecule has 0 saturated carbocycles. The van der Waals surface area contributed by atoms with Gasteiger partial charge in [0.1, 0.15) is 5.75 Å². The van der Waals surface area contributed by atoms with Crippen LogP contribution in [-0.2, 0) is 9.53 Å². The van der Waals surface area contributed by atoms with Crippen LogP contribution in [0.2, 0.25) is 5.02 Å². The van der Waals surface area contributed by atoms with Crippen LogP contribution < -0.4 is 15.0 Å².